The topological polar surface area (TPSA) is 15.3 Å². The lowest BCUT2D eigenvalue weighted by molar-refractivity contribution is 0.0697. The maximum Gasteiger partial charge on any atom is 0.0609 e. The molecule has 0 amide bonds. The minimum atomic E-state index is 0.739. The third-order valence-corrected chi connectivity index (χ3v) is 3.46. The van der Waals surface area contributed by atoms with E-state index in [1.54, 1.807) is 0 Å². The second-order valence-electron chi connectivity index (χ2n) is 4.15. The van der Waals surface area contributed by atoms with E-state index in [1.165, 1.54) is 45.3 Å². The molecule has 0 bridgehead atoms. The third-order valence-electron chi connectivity index (χ3n) is 3.46. The second kappa shape index (κ2) is 3.75. The van der Waals surface area contributed by atoms with Gasteiger partial charge in [-0.1, -0.05) is 13.3 Å². The number of rotatable bonds is 2. The monoisotopic (exact) mass is 168 g/mol. The molecule has 1 atom stereocenters. The van der Waals surface area contributed by atoms with E-state index in [9.17, 15) is 0 Å². The van der Waals surface area contributed by atoms with Crippen LogP contribution in [0.1, 0.15) is 32.6 Å². The first-order valence-electron chi connectivity index (χ1n) is 5.37. The molecular weight excluding hydrogens is 148 g/mol. The summed E-state index contributed by atoms with van der Waals surface area (Å²) in [6.45, 7) is 6.21. The average Bonchev–Trinajstić information content (AvgIpc) is 2.03. The normalized spacial score (nSPS) is 33.2. The quantitative estimate of drug-likeness (QED) is 0.671. The molecule has 2 heteroatoms. The molecule has 2 rings (SSSR count). The summed E-state index contributed by atoms with van der Waals surface area (Å²) in [7, 11) is 0. The largest absolute Gasteiger partial charge is 0.302 e. The Bertz CT molecular complexity index is 135. The molecule has 2 saturated heterocycles. The summed E-state index contributed by atoms with van der Waals surface area (Å²) in [6, 6.07) is 0. The van der Waals surface area contributed by atoms with Crippen molar-refractivity contribution in [3.05, 3.63) is 0 Å². The minimum Gasteiger partial charge on any atom is -0.302 e. The molecule has 0 saturated carbocycles. The zero-order chi connectivity index (χ0) is 8.39. The summed E-state index contributed by atoms with van der Waals surface area (Å²) in [5.74, 6) is 1.02. The summed E-state index contributed by atoms with van der Waals surface area (Å²) in [5, 5.41) is 3.47. The van der Waals surface area contributed by atoms with Crippen molar-refractivity contribution in [2.24, 2.45) is 5.92 Å². The molecule has 1 N–H and O–H groups in total. The summed E-state index contributed by atoms with van der Waals surface area (Å²) in [4.78, 5) is 2.62. The fourth-order valence-electron chi connectivity index (χ4n) is 2.26. The number of piperidine rings is 1. The first-order chi connectivity index (χ1) is 5.90. The van der Waals surface area contributed by atoms with Crippen LogP contribution in [-0.4, -0.2) is 30.7 Å². The molecule has 2 heterocycles. The van der Waals surface area contributed by atoms with E-state index in [-0.39, 0.29) is 0 Å². The SMILES string of the molecule is CCC1CCN(C2CCN2)CC1. The van der Waals surface area contributed by atoms with E-state index in [0.29, 0.717) is 0 Å². The molecule has 2 nitrogen and oxygen atoms in total. The number of likely N-dealkylation sites (tertiary alicyclic amines) is 1. The average molecular weight is 168 g/mol. The molecule has 12 heavy (non-hydrogen) atoms. The van der Waals surface area contributed by atoms with Gasteiger partial charge in [0, 0.05) is 0 Å². The van der Waals surface area contributed by atoms with E-state index >= 15 is 0 Å². The van der Waals surface area contributed by atoms with Crippen LogP contribution < -0.4 is 5.32 Å². The van der Waals surface area contributed by atoms with Gasteiger partial charge in [0.2, 0.25) is 0 Å². The third kappa shape index (κ3) is 1.64. The molecule has 1 unspecified atom stereocenters. The lowest BCUT2D eigenvalue weighted by Gasteiger charge is -2.42. The van der Waals surface area contributed by atoms with Crippen LogP contribution in [0.15, 0.2) is 0 Å². The fraction of sp³-hybridized carbons (Fsp3) is 1.00. The van der Waals surface area contributed by atoms with Gasteiger partial charge in [-0.05, 0) is 44.8 Å². The van der Waals surface area contributed by atoms with Crippen molar-refractivity contribution in [1.82, 2.24) is 10.2 Å². The Morgan fingerprint density at radius 3 is 2.33 bits per heavy atom. The number of nitrogens with zero attached hydrogens (tertiary/aromatic N) is 1. The van der Waals surface area contributed by atoms with Crippen molar-refractivity contribution >= 4 is 0 Å². The molecule has 0 spiro atoms. The highest BCUT2D eigenvalue weighted by molar-refractivity contribution is 4.82. The Balaban J connectivity index is 1.74. The van der Waals surface area contributed by atoms with Crippen molar-refractivity contribution in [3.63, 3.8) is 0 Å². The van der Waals surface area contributed by atoms with Crippen molar-refractivity contribution in [2.75, 3.05) is 19.6 Å². The second-order valence-corrected chi connectivity index (χ2v) is 4.15. The minimum absolute atomic E-state index is 0.739. The van der Waals surface area contributed by atoms with Crippen LogP contribution in [0, 0.1) is 5.92 Å². The highest BCUT2D eigenvalue weighted by Crippen LogP contribution is 2.22. The van der Waals surface area contributed by atoms with Gasteiger partial charge in [-0.3, -0.25) is 4.90 Å². The van der Waals surface area contributed by atoms with Crippen molar-refractivity contribution < 1.29 is 0 Å². The highest BCUT2D eigenvalue weighted by atomic mass is 15.3. The molecule has 2 fully saturated rings. The van der Waals surface area contributed by atoms with E-state index < -0.39 is 0 Å². The molecule has 2 aliphatic heterocycles. The maximum atomic E-state index is 3.47. The van der Waals surface area contributed by atoms with Gasteiger partial charge >= 0.3 is 0 Å². The smallest absolute Gasteiger partial charge is 0.0609 e. The van der Waals surface area contributed by atoms with Gasteiger partial charge in [0.1, 0.15) is 0 Å². The van der Waals surface area contributed by atoms with Gasteiger partial charge in [0.25, 0.3) is 0 Å². The van der Waals surface area contributed by atoms with Crippen molar-refractivity contribution in [2.45, 2.75) is 38.8 Å². The maximum absolute atomic E-state index is 3.47. The van der Waals surface area contributed by atoms with Crippen LogP contribution in [0.3, 0.4) is 0 Å². The van der Waals surface area contributed by atoms with E-state index in [4.69, 9.17) is 0 Å². The molecule has 2 aliphatic rings. The Labute approximate surface area is 75.3 Å². The number of hydrogen-bond donors (Lipinski definition) is 1. The number of nitrogens with one attached hydrogen (secondary N) is 1. The van der Waals surface area contributed by atoms with Crippen molar-refractivity contribution in [1.29, 1.82) is 0 Å². The summed E-state index contributed by atoms with van der Waals surface area (Å²) >= 11 is 0. The Morgan fingerprint density at radius 1 is 1.25 bits per heavy atom. The summed E-state index contributed by atoms with van der Waals surface area (Å²) < 4.78 is 0. The standard InChI is InChI=1S/C10H20N2/c1-2-9-4-7-12(8-5-9)10-3-6-11-10/h9-11H,2-8H2,1H3. The van der Waals surface area contributed by atoms with Crippen LogP contribution in [0.25, 0.3) is 0 Å². The van der Waals surface area contributed by atoms with Gasteiger partial charge in [0.05, 0.1) is 6.17 Å². The molecule has 0 radical (unpaired) electrons. The first-order valence-corrected chi connectivity index (χ1v) is 5.37. The molecule has 0 aromatic heterocycles. The predicted molar refractivity (Wildman–Crippen MR) is 51.0 cm³/mol. The van der Waals surface area contributed by atoms with Crippen LogP contribution in [0.5, 0.6) is 0 Å². The van der Waals surface area contributed by atoms with Gasteiger partial charge in [0.15, 0.2) is 0 Å². The van der Waals surface area contributed by atoms with Crippen LogP contribution in [0.4, 0.5) is 0 Å². The predicted octanol–water partition coefficient (Wildman–Crippen LogP) is 1.43. The van der Waals surface area contributed by atoms with Gasteiger partial charge in [-0.15, -0.1) is 0 Å². The van der Waals surface area contributed by atoms with Gasteiger partial charge in [-0.2, -0.15) is 0 Å². The zero-order valence-corrected chi connectivity index (χ0v) is 8.05. The van der Waals surface area contributed by atoms with Gasteiger partial charge in [-0.25, -0.2) is 0 Å². The van der Waals surface area contributed by atoms with Crippen LogP contribution in [0.2, 0.25) is 0 Å². The summed E-state index contributed by atoms with van der Waals surface area (Å²) in [5.41, 5.74) is 0. The molecule has 0 aromatic carbocycles. The van der Waals surface area contributed by atoms with Crippen LogP contribution in [-0.2, 0) is 0 Å². The van der Waals surface area contributed by atoms with Gasteiger partial charge < -0.3 is 5.32 Å². The zero-order valence-electron chi connectivity index (χ0n) is 8.05. The van der Waals surface area contributed by atoms with E-state index in [0.717, 1.165) is 12.1 Å². The first kappa shape index (κ1) is 8.52. The molecule has 0 aliphatic carbocycles. The molecular formula is C10H20N2. The Hall–Kier alpha value is -0.0800. The lowest BCUT2D eigenvalue weighted by Crippen LogP contribution is -2.56. The van der Waals surface area contributed by atoms with Crippen molar-refractivity contribution in [3.8, 4) is 0 Å². The molecule has 70 valence electrons. The highest BCUT2D eigenvalue weighted by Gasteiger charge is 2.27. The number of hydrogen-bond acceptors (Lipinski definition) is 2. The van der Waals surface area contributed by atoms with E-state index in [2.05, 4.69) is 17.1 Å². The molecule has 0 aromatic rings. The Morgan fingerprint density at radius 2 is 1.92 bits per heavy atom. The fourth-order valence-corrected chi connectivity index (χ4v) is 2.26. The van der Waals surface area contributed by atoms with E-state index in [1.807, 2.05) is 0 Å². The Kier molecular flexibility index (Phi) is 2.66. The summed E-state index contributed by atoms with van der Waals surface area (Å²) in [6.07, 6.45) is 6.34. The van der Waals surface area contributed by atoms with Crippen LogP contribution >= 0.6 is 0 Å². The lowest BCUT2D eigenvalue weighted by atomic mass is 9.93.